The first-order chi connectivity index (χ1) is 9.58. The van der Waals surface area contributed by atoms with E-state index in [1.807, 2.05) is 32.0 Å². The second kappa shape index (κ2) is 6.83. The third-order valence-corrected chi connectivity index (χ3v) is 3.52. The van der Waals surface area contributed by atoms with Crippen molar-refractivity contribution in [3.8, 4) is 0 Å². The molecule has 0 radical (unpaired) electrons. The summed E-state index contributed by atoms with van der Waals surface area (Å²) in [5, 5.41) is 2.98. The zero-order valence-electron chi connectivity index (χ0n) is 12.2. The fourth-order valence-corrected chi connectivity index (χ4v) is 2.33. The van der Waals surface area contributed by atoms with Gasteiger partial charge in [-0.15, -0.1) is 0 Å². The van der Waals surface area contributed by atoms with Crippen LogP contribution in [0.3, 0.4) is 0 Å². The summed E-state index contributed by atoms with van der Waals surface area (Å²) in [6.45, 7) is 7.02. The topological polar surface area (TPSA) is 67.6 Å². The molecule has 1 fully saturated rings. The van der Waals surface area contributed by atoms with E-state index in [4.69, 9.17) is 10.5 Å². The normalized spacial score (nSPS) is 19.9. The number of nitrogens with one attached hydrogen (secondary N) is 1. The van der Waals surface area contributed by atoms with Crippen molar-refractivity contribution >= 4 is 11.6 Å². The van der Waals surface area contributed by atoms with Crippen LogP contribution in [0, 0.1) is 13.8 Å². The highest BCUT2D eigenvalue weighted by molar-refractivity contribution is 5.93. The van der Waals surface area contributed by atoms with Gasteiger partial charge in [0.15, 0.2) is 0 Å². The zero-order chi connectivity index (χ0) is 14.5. The Labute approximate surface area is 120 Å². The van der Waals surface area contributed by atoms with Crippen LogP contribution in [0.25, 0.3) is 0 Å². The van der Waals surface area contributed by atoms with Gasteiger partial charge in [0, 0.05) is 25.3 Å². The molecule has 1 amide bonds. The zero-order valence-corrected chi connectivity index (χ0v) is 12.2. The minimum absolute atomic E-state index is 0.0105. The Hall–Kier alpha value is -1.43. The molecule has 110 valence electrons. The van der Waals surface area contributed by atoms with Crippen molar-refractivity contribution in [1.29, 1.82) is 0 Å². The Morgan fingerprint density at radius 3 is 3.05 bits per heavy atom. The Morgan fingerprint density at radius 1 is 1.50 bits per heavy atom. The Kier molecular flexibility index (Phi) is 5.11. The molecule has 1 aliphatic rings. The number of morpholine rings is 1. The maximum absolute atomic E-state index is 12.1. The third kappa shape index (κ3) is 4.03. The van der Waals surface area contributed by atoms with Crippen LogP contribution in [0.4, 0.5) is 5.69 Å². The number of carbonyl (C=O) groups is 1. The van der Waals surface area contributed by atoms with Gasteiger partial charge < -0.3 is 15.8 Å². The van der Waals surface area contributed by atoms with Gasteiger partial charge in [-0.3, -0.25) is 9.69 Å². The maximum Gasteiger partial charge on any atom is 0.238 e. The average Bonchev–Trinajstić information content (AvgIpc) is 2.43. The molecule has 3 N–H and O–H groups in total. The van der Waals surface area contributed by atoms with E-state index >= 15 is 0 Å². The van der Waals surface area contributed by atoms with Crippen LogP contribution in [0.2, 0.25) is 0 Å². The van der Waals surface area contributed by atoms with E-state index in [0.717, 1.165) is 29.9 Å². The summed E-state index contributed by atoms with van der Waals surface area (Å²) in [5.41, 5.74) is 8.71. The highest BCUT2D eigenvalue weighted by Gasteiger charge is 2.21. The van der Waals surface area contributed by atoms with Crippen LogP contribution in [0.1, 0.15) is 11.1 Å². The molecule has 1 atom stereocenters. The molecule has 1 saturated heterocycles. The molecule has 0 saturated carbocycles. The highest BCUT2D eigenvalue weighted by Crippen LogP contribution is 2.16. The molecule has 0 aliphatic carbocycles. The van der Waals surface area contributed by atoms with Gasteiger partial charge in [0.25, 0.3) is 0 Å². The van der Waals surface area contributed by atoms with Crippen molar-refractivity contribution in [2.45, 2.75) is 20.0 Å². The SMILES string of the molecule is Cc1ccc(C)c(NC(=O)CN2CCOC(CN)C2)c1. The van der Waals surface area contributed by atoms with Crippen LogP contribution in [0.5, 0.6) is 0 Å². The van der Waals surface area contributed by atoms with Gasteiger partial charge in [-0.25, -0.2) is 0 Å². The van der Waals surface area contributed by atoms with Crippen LogP contribution in [-0.4, -0.2) is 49.7 Å². The summed E-state index contributed by atoms with van der Waals surface area (Å²) in [6, 6.07) is 6.05. The number of benzene rings is 1. The predicted octanol–water partition coefficient (Wildman–Crippen LogP) is 0.901. The maximum atomic E-state index is 12.1. The van der Waals surface area contributed by atoms with E-state index in [2.05, 4.69) is 10.2 Å². The Bertz CT molecular complexity index is 476. The van der Waals surface area contributed by atoms with Gasteiger partial charge in [-0.1, -0.05) is 12.1 Å². The molecule has 1 aliphatic heterocycles. The first kappa shape index (κ1) is 15.0. The first-order valence-electron chi connectivity index (χ1n) is 6.99. The van der Waals surface area contributed by atoms with Gasteiger partial charge >= 0.3 is 0 Å². The average molecular weight is 277 g/mol. The Balaban J connectivity index is 1.90. The van der Waals surface area contributed by atoms with Crippen LogP contribution in [-0.2, 0) is 9.53 Å². The highest BCUT2D eigenvalue weighted by atomic mass is 16.5. The number of amides is 1. The lowest BCUT2D eigenvalue weighted by atomic mass is 10.1. The number of aryl methyl sites for hydroxylation is 2. The van der Waals surface area contributed by atoms with E-state index in [-0.39, 0.29) is 12.0 Å². The van der Waals surface area contributed by atoms with E-state index < -0.39 is 0 Å². The van der Waals surface area contributed by atoms with Crippen molar-refractivity contribution < 1.29 is 9.53 Å². The summed E-state index contributed by atoms with van der Waals surface area (Å²) in [7, 11) is 0. The van der Waals surface area contributed by atoms with E-state index in [9.17, 15) is 4.79 Å². The second-order valence-corrected chi connectivity index (χ2v) is 5.33. The summed E-state index contributed by atoms with van der Waals surface area (Å²) in [6.07, 6.45) is 0.0391. The summed E-state index contributed by atoms with van der Waals surface area (Å²) in [4.78, 5) is 14.2. The minimum Gasteiger partial charge on any atom is -0.374 e. The lowest BCUT2D eigenvalue weighted by Crippen LogP contribution is -2.48. The molecule has 0 spiro atoms. The van der Waals surface area contributed by atoms with Crippen molar-refractivity contribution in [2.24, 2.45) is 5.73 Å². The smallest absolute Gasteiger partial charge is 0.238 e. The molecule has 2 rings (SSSR count). The number of carbonyl (C=O) groups excluding carboxylic acids is 1. The number of hydrogen-bond donors (Lipinski definition) is 2. The van der Waals surface area contributed by atoms with E-state index in [0.29, 0.717) is 19.7 Å². The molecular formula is C15H23N3O2. The molecule has 1 unspecified atom stereocenters. The quantitative estimate of drug-likeness (QED) is 0.858. The molecule has 5 heteroatoms. The first-order valence-corrected chi connectivity index (χ1v) is 6.99. The monoisotopic (exact) mass is 277 g/mol. The molecule has 5 nitrogen and oxygen atoms in total. The molecule has 20 heavy (non-hydrogen) atoms. The van der Waals surface area contributed by atoms with Crippen LogP contribution >= 0.6 is 0 Å². The Morgan fingerprint density at radius 2 is 2.30 bits per heavy atom. The number of nitrogens with zero attached hydrogens (tertiary/aromatic N) is 1. The molecular weight excluding hydrogens is 254 g/mol. The van der Waals surface area contributed by atoms with Gasteiger partial charge in [-0.05, 0) is 31.0 Å². The molecule has 0 bridgehead atoms. The second-order valence-electron chi connectivity index (χ2n) is 5.33. The molecule has 1 aromatic rings. The van der Waals surface area contributed by atoms with Crippen molar-refractivity contribution in [2.75, 3.05) is 38.1 Å². The lowest BCUT2D eigenvalue weighted by Gasteiger charge is -2.31. The van der Waals surface area contributed by atoms with E-state index in [1.54, 1.807) is 0 Å². The van der Waals surface area contributed by atoms with Crippen LogP contribution < -0.4 is 11.1 Å². The minimum atomic E-state index is 0.0105. The van der Waals surface area contributed by atoms with E-state index in [1.165, 1.54) is 0 Å². The van der Waals surface area contributed by atoms with Gasteiger partial charge in [-0.2, -0.15) is 0 Å². The number of rotatable bonds is 4. The summed E-state index contributed by atoms with van der Waals surface area (Å²) < 4.78 is 5.49. The molecule has 1 aromatic carbocycles. The summed E-state index contributed by atoms with van der Waals surface area (Å²) in [5.74, 6) is 0.0105. The van der Waals surface area contributed by atoms with Crippen molar-refractivity contribution in [3.05, 3.63) is 29.3 Å². The van der Waals surface area contributed by atoms with Crippen molar-refractivity contribution in [1.82, 2.24) is 4.90 Å². The number of ether oxygens (including phenoxy) is 1. The van der Waals surface area contributed by atoms with Crippen LogP contribution in [0.15, 0.2) is 18.2 Å². The summed E-state index contributed by atoms with van der Waals surface area (Å²) >= 11 is 0. The predicted molar refractivity (Wildman–Crippen MR) is 79.8 cm³/mol. The molecule has 1 heterocycles. The number of hydrogen-bond acceptors (Lipinski definition) is 4. The standard InChI is InChI=1S/C15H23N3O2/c1-11-3-4-12(2)14(7-11)17-15(19)10-18-5-6-20-13(8-16)9-18/h3-4,7,13H,5-6,8-10,16H2,1-2H3,(H,17,19). The largest absolute Gasteiger partial charge is 0.374 e. The fraction of sp³-hybridized carbons (Fsp3) is 0.533. The number of anilines is 1. The third-order valence-electron chi connectivity index (χ3n) is 3.52. The lowest BCUT2D eigenvalue weighted by molar-refractivity contribution is -0.119. The van der Waals surface area contributed by atoms with Gasteiger partial charge in [0.2, 0.25) is 5.91 Å². The van der Waals surface area contributed by atoms with Crippen molar-refractivity contribution in [3.63, 3.8) is 0 Å². The van der Waals surface area contributed by atoms with Gasteiger partial charge in [0.05, 0.1) is 19.3 Å². The molecule has 0 aromatic heterocycles. The number of nitrogens with two attached hydrogens (primary N) is 1. The fourth-order valence-electron chi connectivity index (χ4n) is 2.33. The van der Waals surface area contributed by atoms with Gasteiger partial charge in [0.1, 0.15) is 0 Å².